The molecule has 0 aliphatic carbocycles. The van der Waals surface area contributed by atoms with Gasteiger partial charge in [-0.15, -0.1) is 12.4 Å². The van der Waals surface area contributed by atoms with Crippen LogP contribution in [0.4, 0.5) is 10.8 Å². The molecule has 1 aromatic heterocycles. The SMILES string of the molecule is COc1ccc2sc(N3CCN(CCNC(=O)c4cccc(NS(=O)(=O)c5ccc(C)cc5)c4)CC3)nc2c1OC.Cl. The molecular formula is C29H34ClN5O5S2. The van der Waals surface area contributed by atoms with Crippen molar-refractivity contribution in [2.45, 2.75) is 11.8 Å². The number of hydrogen-bond donors (Lipinski definition) is 2. The highest BCUT2D eigenvalue weighted by atomic mass is 35.5. The number of aryl methyl sites for hydroxylation is 1. The summed E-state index contributed by atoms with van der Waals surface area (Å²) in [5.74, 6) is 1.06. The van der Waals surface area contributed by atoms with E-state index >= 15 is 0 Å². The van der Waals surface area contributed by atoms with E-state index in [4.69, 9.17) is 14.5 Å². The van der Waals surface area contributed by atoms with Crippen LogP contribution in [0.1, 0.15) is 15.9 Å². The lowest BCUT2D eigenvalue weighted by Crippen LogP contribution is -2.48. The van der Waals surface area contributed by atoms with Gasteiger partial charge in [-0.1, -0.05) is 35.1 Å². The van der Waals surface area contributed by atoms with Gasteiger partial charge in [-0.2, -0.15) is 0 Å². The predicted molar refractivity (Wildman–Crippen MR) is 169 cm³/mol. The number of carbonyl (C=O) groups is 1. The Kier molecular flexibility index (Phi) is 10.2. The number of anilines is 2. The number of ether oxygens (including phenoxy) is 2. The molecule has 0 spiro atoms. The average molecular weight is 632 g/mol. The number of aromatic nitrogens is 1. The maximum atomic E-state index is 12.8. The third-order valence-corrected chi connectivity index (χ3v) is 9.43. The molecule has 10 nitrogen and oxygen atoms in total. The topological polar surface area (TPSA) is 113 Å². The van der Waals surface area contributed by atoms with Crippen LogP contribution >= 0.6 is 23.7 Å². The quantitative estimate of drug-likeness (QED) is 0.265. The molecule has 1 aliphatic rings. The molecule has 13 heteroatoms. The Bertz CT molecular complexity index is 1640. The summed E-state index contributed by atoms with van der Waals surface area (Å²) in [6.07, 6.45) is 0. The molecule has 0 atom stereocenters. The Balaban J connectivity index is 0.00000405. The van der Waals surface area contributed by atoms with Crippen molar-refractivity contribution >= 4 is 60.7 Å². The molecule has 0 bridgehead atoms. The molecule has 1 fully saturated rings. The standard InChI is InChI=1S/C29H33N5O5S2.ClH/c1-20-7-9-23(10-8-20)41(36,37)32-22-6-4-5-21(19-22)28(35)30-13-14-33-15-17-34(18-16-33)29-31-26-25(40-29)12-11-24(38-2)27(26)39-3;/h4-12,19,32H,13-18H2,1-3H3,(H,30,35);1H. The highest BCUT2D eigenvalue weighted by Crippen LogP contribution is 2.40. The van der Waals surface area contributed by atoms with E-state index < -0.39 is 10.0 Å². The molecule has 3 aromatic carbocycles. The monoisotopic (exact) mass is 631 g/mol. The number of halogens is 1. The number of methoxy groups -OCH3 is 2. The van der Waals surface area contributed by atoms with Crippen LogP contribution in [-0.2, 0) is 10.0 Å². The summed E-state index contributed by atoms with van der Waals surface area (Å²) < 4.78 is 40.0. The van der Waals surface area contributed by atoms with E-state index in [1.54, 1.807) is 74.1 Å². The zero-order valence-electron chi connectivity index (χ0n) is 23.6. The van der Waals surface area contributed by atoms with Crippen molar-refractivity contribution in [2.75, 3.05) is 63.1 Å². The second-order valence-electron chi connectivity index (χ2n) is 9.73. The Morgan fingerprint density at radius 3 is 2.43 bits per heavy atom. The van der Waals surface area contributed by atoms with Crippen molar-refractivity contribution in [3.8, 4) is 11.5 Å². The highest BCUT2D eigenvalue weighted by Gasteiger charge is 2.22. The first-order valence-corrected chi connectivity index (χ1v) is 15.5. The van der Waals surface area contributed by atoms with Crippen molar-refractivity contribution in [3.63, 3.8) is 0 Å². The number of benzene rings is 3. The number of nitrogens with one attached hydrogen (secondary N) is 2. The van der Waals surface area contributed by atoms with Gasteiger partial charge in [-0.3, -0.25) is 14.4 Å². The molecule has 1 amide bonds. The molecule has 4 aromatic rings. The number of rotatable bonds is 10. The van der Waals surface area contributed by atoms with Gasteiger partial charge < -0.3 is 19.7 Å². The summed E-state index contributed by atoms with van der Waals surface area (Å²) in [6.45, 7) is 6.45. The fourth-order valence-electron chi connectivity index (χ4n) is 4.68. The second kappa shape index (κ2) is 13.6. The van der Waals surface area contributed by atoms with Crippen LogP contribution in [-0.4, -0.2) is 77.7 Å². The van der Waals surface area contributed by atoms with E-state index in [9.17, 15) is 13.2 Å². The number of hydrogen-bond acceptors (Lipinski definition) is 9. The molecule has 0 saturated carbocycles. The van der Waals surface area contributed by atoms with Gasteiger partial charge in [0.2, 0.25) is 0 Å². The van der Waals surface area contributed by atoms with E-state index in [1.807, 2.05) is 19.1 Å². The zero-order chi connectivity index (χ0) is 29.0. The number of thiazole rings is 1. The normalized spacial score (nSPS) is 13.8. The summed E-state index contributed by atoms with van der Waals surface area (Å²) in [5.41, 5.74) is 2.51. The van der Waals surface area contributed by atoms with Crippen LogP contribution in [0, 0.1) is 6.92 Å². The minimum absolute atomic E-state index is 0. The molecule has 42 heavy (non-hydrogen) atoms. The molecule has 0 unspecified atom stereocenters. The predicted octanol–water partition coefficient (Wildman–Crippen LogP) is 4.40. The van der Waals surface area contributed by atoms with Crippen molar-refractivity contribution < 1.29 is 22.7 Å². The van der Waals surface area contributed by atoms with Gasteiger partial charge in [-0.25, -0.2) is 13.4 Å². The Morgan fingerprint density at radius 1 is 1.00 bits per heavy atom. The lowest BCUT2D eigenvalue weighted by molar-refractivity contribution is 0.0947. The van der Waals surface area contributed by atoms with Gasteiger partial charge in [0, 0.05) is 50.5 Å². The van der Waals surface area contributed by atoms with Crippen molar-refractivity contribution in [1.29, 1.82) is 0 Å². The summed E-state index contributed by atoms with van der Waals surface area (Å²) in [7, 11) is -0.509. The number of carbonyl (C=O) groups excluding carboxylic acids is 1. The number of amides is 1. The third-order valence-electron chi connectivity index (χ3n) is 6.96. The first kappa shape index (κ1) is 31.4. The van der Waals surface area contributed by atoms with Gasteiger partial charge in [0.25, 0.3) is 15.9 Å². The Labute approximate surface area is 256 Å². The van der Waals surface area contributed by atoms with Crippen molar-refractivity contribution in [3.05, 3.63) is 71.8 Å². The van der Waals surface area contributed by atoms with E-state index in [1.165, 1.54) is 0 Å². The molecule has 2 N–H and O–H groups in total. The number of fused-ring (bicyclic) bond motifs is 1. The van der Waals surface area contributed by atoms with E-state index in [-0.39, 0.29) is 23.2 Å². The average Bonchev–Trinajstić information content (AvgIpc) is 3.41. The van der Waals surface area contributed by atoms with Crippen LogP contribution < -0.4 is 24.4 Å². The first-order chi connectivity index (χ1) is 19.8. The number of piperazine rings is 1. The lowest BCUT2D eigenvalue weighted by Gasteiger charge is -2.34. The summed E-state index contributed by atoms with van der Waals surface area (Å²) in [4.78, 5) is 22.4. The van der Waals surface area contributed by atoms with Crippen LogP contribution in [0.2, 0.25) is 0 Å². The van der Waals surface area contributed by atoms with Gasteiger partial charge >= 0.3 is 0 Å². The maximum absolute atomic E-state index is 12.8. The molecule has 1 aliphatic heterocycles. The summed E-state index contributed by atoms with van der Waals surface area (Å²) in [5, 5.41) is 3.91. The van der Waals surface area contributed by atoms with Crippen molar-refractivity contribution in [2.24, 2.45) is 0 Å². The van der Waals surface area contributed by atoms with Crippen LogP contribution in [0.15, 0.2) is 65.6 Å². The molecule has 0 radical (unpaired) electrons. The van der Waals surface area contributed by atoms with Crippen LogP contribution in [0.5, 0.6) is 11.5 Å². The van der Waals surface area contributed by atoms with Gasteiger partial charge in [0.05, 0.1) is 23.8 Å². The molecule has 5 rings (SSSR count). The van der Waals surface area contributed by atoms with Gasteiger partial charge in [0.15, 0.2) is 16.6 Å². The Hall–Kier alpha value is -3.58. The highest BCUT2D eigenvalue weighted by molar-refractivity contribution is 7.92. The summed E-state index contributed by atoms with van der Waals surface area (Å²) in [6, 6.07) is 17.0. The van der Waals surface area contributed by atoms with E-state index in [2.05, 4.69) is 19.8 Å². The smallest absolute Gasteiger partial charge is 0.261 e. The maximum Gasteiger partial charge on any atom is 0.261 e. The number of nitrogens with zero attached hydrogens (tertiary/aromatic N) is 3. The van der Waals surface area contributed by atoms with Crippen molar-refractivity contribution in [1.82, 2.24) is 15.2 Å². The summed E-state index contributed by atoms with van der Waals surface area (Å²) >= 11 is 1.64. The molecular weight excluding hydrogens is 598 g/mol. The first-order valence-electron chi connectivity index (χ1n) is 13.2. The fourth-order valence-corrected chi connectivity index (χ4v) is 6.75. The minimum Gasteiger partial charge on any atom is -0.493 e. The third kappa shape index (κ3) is 7.06. The molecule has 224 valence electrons. The van der Waals surface area contributed by atoms with Gasteiger partial charge in [-0.05, 0) is 49.4 Å². The fraction of sp³-hybridized carbons (Fsp3) is 0.310. The Morgan fingerprint density at radius 2 is 1.74 bits per heavy atom. The van der Waals surface area contributed by atoms with Crippen LogP contribution in [0.25, 0.3) is 10.2 Å². The van der Waals surface area contributed by atoms with Gasteiger partial charge in [0.1, 0.15) is 5.52 Å². The molecule has 1 saturated heterocycles. The minimum atomic E-state index is -3.75. The number of sulfonamides is 1. The zero-order valence-corrected chi connectivity index (χ0v) is 26.1. The van der Waals surface area contributed by atoms with E-state index in [0.29, 0.717) is 35.8 Å². The second-order valence-corrected chi connectivity index (χ2v) is 12.4. The van der Waals surface area contributed by atoms with E-state index in [0.717, 1.165) is 47.1 Å². The van der Waals surface area contributed by atoms with Crippen LogP contribution in [0.3, 0.4) is 0 Å². The molecule has 2 heterocycles. The largest absolute Gasteiger partial charge is 0.493 e. The lowest BCUT2D eigenvalue weighted by atomic mass is 10.2.